The molecule has 0 bridgehead atoms. The molecule has 108 valence electrons. The number of rotatable bonds is 4. The SMILES string of the molecule is CN(C)c1ccccc1NC(=O)c1ccnc(C(=O)O)c1. The molecule has 2 rings (SSSR count). The summed E-state index contributed by atoms with van der Waals surface area (Å²) >= 11 is 0. The summed E-state index contributed by atoms with van der Waals surface area (Å²) < 4.78 is 0. The highest BCUT2D eigenvalue weighted by atomic mass is 16.4. The van der Waals surface area contributed by atoms with Crippen LogP contribution in [-0.4, -0.2) is 36.1 Å². The molecule has 6 heteroatoms. The van der Waals surface area contributed by atoms with Crippen LogP contribution in [0.3, 0.4) is 0 Å². The molecular weight excluding hydrogens is 270 g/mol. The lowest BCUT2D eigenvalue weighted by Gasteiger charge is -2.17. The lowest BCUT2D eigenvalue weighted by atomic mass is 10.2. The molecular formula is C15H15N3O3. The third-order valence-corrected chi connectivity index (χ3v) is 2.88. The number of para-hydroxylation sites is 2. The Morgan fingerprint density at radius 2 is 1.90 bits per heavy atom. The van der Waals surface area contributed by atoms with Gasteiger partial charge in [0.05, 0.1) is 11.4 Å². The van der Waals surface area contributed by atoms with Crippen LogP contribution in [0.1, 0.15) is 20.8 Å². The molecule has 1 aromatic heterocycles. The van der Waals surface area contributed by atoms with E-state index >= 15 is 0 Å². The van der Waals surface area contributed by atoms with Gasteiger partial charge in [-0.15, -0.1) is 0 Å². The minimum absolute atomic E-state index is 0.163. The third-order valence-electron chi connectivity index (χ3n) is 2.88. The number of aromatic carboxylic acids is 1. The second-order valence-electron chi connectivity index (χ2n) is 4.60. The number of carboxylic acids is 1. The number of nitrogens with zero attached hydrogens (tertiary/aromatic N) is 2. The molecule has 1 aromatic carbocycles. The molecule has 0 saturated heterocycles. The Morgan fingerprint density at radius 1 is 1.19 bits per heavy atom. The van der Waals surface area contributed by atoms with E-state index in [-0.39, 0.29) is 17.2 Å². The Hall–Kier alpha value is -2.89. The number of aromatic nitrogens is 1. The average Bonchev–Trinajstić information content (AvgIpc) is 2.47. The fourth-order valence-corrected chi connectivity index (χ4v) is 1.85. The Bertz CT molecular complexity index is 683. The Balaban J connectivity index is 2.26. The maximum Gasteiger partial charge on any atom is 0.354 e. The van der Waals surface area contributed by atoms with Gasteiger partial charge in [0.15, 0.2) is 0 Å². The molecule has 2 N–H and O–H groups in total. The van der Waals surface area contributed by atoms with Gasteiger partial charge in [0, 0.05) is 25.9 Å². The number of benzene rings is 1. The van der Waals surface area contributed by atoms with Crippen LogP contribution in [0.15, 0.2) is 42.6 Å². The van der Waals surface area contributed by atoms with Crippen LogP contribution in [0.25, 0.3) is 0 Å². The molecule has 0 fully saturated rings. The lowest BCUT2D eigenvalue weighted by molar-refractivity contribution is 0.0690. The number of carboxylic acid groups (broad SMARTS) is 1. The molecule has 2 aromatic rings. The number of hydrogen-bond donors (Lipinski definition) is 2. The van der Waals surface area contributed by atoms with Crippen molar-refractivity contribution in [2.75, 3.05) is 24.3 Å². The molecule has 0 radical (unpaired) electrons. The van der Waals surface area contributed by atoms with Crippen LogP contribution >= 0.6 is 0 Å². The van der Waals surface area contributed by atoms with E-state index in [1.807, 2.05) is 37.2 Å². The van der Waals surface area contributed by atoms with Gasteiger partial charge >= 0.3 is 5.97 Å². The van der Waals surface area contributed by atoms with Gasteiger partial charge in [-0.1, -0.05) is 12.1 Å². The summed E-state index contributed by atoms with van der Waals surface area (Å²) in [7, 11) is 3.75. The van der Waals surface area contributed by atoms with E-state index in [2.05, 4.69) is 10.3 Å². The van der Waals surface area contributed by atoms with E-state index in [1.54, 1.807) is 6.07 Å². The summed E-state index contributed by atoms with van der Waals surface area (Å²) in [5.74, 6) is -1.55. The highest BCUT2D eigenvalue weighted by Gasteiger charge is 2.12. The quantitative estimate of drug-likeness (QED) is 0.899. The monoisotopic (exact) mass is 285 g/mol. The summed E-state index contributed by atoms with van der Waals surface area (Å²) in [6.45, 7) is 0. The van der Waals surface area contributed by atoms with Crippen molar-refractivity contribution in [2.45, 2.75) is 0 Å². The van der Waals surface area contributed by atoms with Crippen LogP contribution in [-0.2, 0) is 0 Å². The summed E-state index contributed by atoms with van der Waals surface area (Å²) in [4.78, 5) is 28.7. The third kappa shape index (κ3) is 3.36. The van der Waals surface area contributed by atoms with Gasteiger partial charge < -0.3 is 15.3 Å². The first-order valence-corrected chi connectivity index (χ1v) is 6.26. The largest absolute Gasteiger partial charge is 0.477 e. The zero-order valence-corrected chi connectivity index (χ0v) is 11.7. The predicted molar refractivity (Wildman–Crippen MR) is 79.9 cm³/mol. The average molecular weight is 285 g/mol. The molecule has 0 spiro atoms. The summed E-state index contributed by atoms with van der Waals surface area (Å²) in [6, 6.07) is 10.1. The molecule has 6 nitrogen and oxygen atoms in total. The van der Waals surface area contributed by atoms with Gasteiger partial charge in [-0.2, -0.15) is 0 Å². The van der Waals surface area contributed by atoms with Crippen LogP contribution in [0.5, 0.6) is 0 Å². The Kier molecular flexibility index (Phi) is 4.18. The number of hydrogen-bond acceptors (Lipinski definition) is 4. The van der Waals surface area contributed by atoms with Gasteiger partial charge in [0.25, 0.3) is 5.91 Å². The Morgan fingerprint density at radius 3 is 2.57 bits per heavy atom. The maximum atomic E-state index is 12.2. The summed E-state index contributed by atoms with van der Waals surface area (Å²) in [5, 5.41) is 11.7. The molecule has 21 heavy (non-hydrogen) atoms. The zero-order valence-electron chi connectivity index (χ0n) is 11.7. The van der Waals surface area contributed by atoms with Gasteiger partial charge in [-0.25, -0.2) is 9.78 Å². The molecule has 1 heterocycles. The van der Waals surface area contributed by atoms with Gasteiger partial charge in [0.1, 0.15) is 5.69 Å². The van der Waals surface area contributed by atoms with Crippen molar-refractivity contribution < 1.29 is 14.7 Å². The van der Waals surface area contributed by atoms with E-state index < -0.39 is 5.97 Å². The number of carbonyl (C=O) groups is 2. The van der Waals surface area contributed by atoms with Crippen LogP contribution in [0, 0.1) is 0 Å². The predicted octanol–water partition coefficient (Wildman–Crippen LogP) is 2.10. The molecule has 0 saturated carbocycles. The van der Waals surface area contributed by atoms with Gasteiger partial charge in [0.2, 0.25) is 0 Å². The number of amides is 1. The first-order chi connectivity index (χ1) is 9.99. The van der Waals surface area contributed by atoms with Crippen molar-refractivity contribution in [1.29, 1.82) is 0 Å². The van der Waals surface area contributed by atoms with E-state index in [4.69, 9.17) is 5.11 Å². The van der Waals surface area contributed by atoms with Crippen molar-refractivity contribution >= 4 is 23.3 Å². The van der Waals surface area contributed by atoms with Gasteiger partial charge in [-0.3, -0.25) is 4.79 Å². The number of pyridine rings is 1. The minimum Gasteiger partial charge on any atom is -0.477 e. The van der Waals surface area contributed by atoms with E-state index in [0.29, 0.717) is 5.69 Å². The second-order valence-corrected chi connectivity index (χ2v) is 4.60. The van der Waals surface area contributed by atoms with E-state index in [0.717, 1.165) is 5.69 Å². The second kappa shape index (κ2) is 6.04. The fourth-order valence-electron chi connectivity index (χ4n) is 1.85. The van der Waals surface area contributed by atoms with Crippen molar-refractivity contribution in [1.82, 2.24) is 4.98 Å². The topological polar surface area (TPSA) is 82.5 Å². The van der Waals surface area contributed by atoms with Crippen LogP contribution in [0.2, 0.25) is 0 Å². The molecule has 0 unspecified atom stereocenters. The summed E-state index contributed by atoms with van der Waals surface area (Å²) in [6.07, 6.45) is 1.30. The van der Waals surface area contributed by atoms with Crippen LogP contribution < -0.4 is 10.2 Å². The normalized spacial score (nSPS) is 10.0. The number of carbonyl (C=O) groups excluding carboxylic acids is 1. The lowest BCUT2D eigenvalue weighted by Crippen LogP contribution is -2.17. The number of anilines is 2. The maximum absolute atomic E-state index is 12.2. The zero-order chi connectivity index (χ0) is 15.4. The van der Waals surface area contributed by atoms with Crippen molar-refractivity contribution in [3.05, 3.63) is 53.9 Å². The molecule has 0 aliphatic carbocycles. The van der Waals surface area contributed by atoms with Gasteiger partial charge in [-0.05, 0) is 24.3 Å². The minimum atomic E-state index is -1.17. The van der Waals surface area contributed by atoms with E-state index in [1.165, 1.54) is 18.3 Å². The molecule has 0 aliphatic rings. The van der Waals surface area contributed by atoms with Crippen LogP contribution in [0.4, 0.5) is 11.4 Å². The first-order valence-electron chi connectivity index (χ1n) is 6.26. The van der Waals surface area contributed by atoms with Crippen molar-refractivity contribution in [3.8, 4) is 0 Å². The molecule has 1 amide bonds. The Labute approximate surface area is 122 Å². The summed E-state index contributed by atoms with van der Waals surface area (Å²) in [5.41, 5.74) is 1.60. The highest BCUT2D eigenvalue weighted by Crippen LogP contribution is 2.24. The fraction of sp³-hybridized carbons (Fsp3) is 0.133. The van der Waals surface area contributed by atoms with E-state index in [9.17, 15) is 9.59 Å². The highest BCUT2D eigenvalue weighted by molar-refractivity contribution is 6.06. The molecule has 0 aliphatic heterocycles. The smallest absolute Gasteiger partial charge is 0.354 e. The first kappa shape index (κ1) is 14.5. The molecule has 0 atom stereocenters. The number of nitrogens with one attached hydrogen (secondary N) is 1. The van der Waals surface area contributed by atoms with Crippen molar-refractivity contribution in [2.24, 2.45) is 0 Å². The standard InChI is InChI=1S/C15H15N3O3/c1-18(2)13-6-4-3-5-11(13)17-14(19)10-7-8-16-12(9-10)15(20)21/h3-9H,1-2H3,(H,17,19)(H,20,21). The van der Waals surface area contributed by atoms with Crippen molar-refractivity contribution in [3.63, 3.8) is 0 Å².